The van der Waals surface area contributed by atoms with Crippen LogP contribution in [-0.4, -0.2) is 47.4 Å². The monoisotopic (exact) mass is 1140 g/mol. The maximum atomic E-state index is 12.5. The van der Waals surface area contributed by atoms with Crippen molar-refractivity contribution < 1.29 is 24.5 Å². The van der Waals surface area contributed by atoms with Crippen molar-refractivity contribution in [2.75, 3.05) is 13.2 Å². The van der Waals surface area contributed by atoms with Gasteiger partial charge in [0.15, 0.2) is 0 Å². The van der Waals surface area contributed by atoms with Crippen molar-refractivity contribution in [1.29, 1.82) is 0 Å². The summed E-state index contributed by atoms with van der Waals surface area (Å²) in [5.74, 6) is -0.0236. The third-order valence-corrected chi connectivity index (χ3v) is 17.2. The molecular formula is C75H143NO5. The van der Waals surface area contributed by atoms with Gasteiger partial charge in [-0.05, 0) is 83.5 Å². The molecule has 478 valence electrons. The lowest BCUT2D eigenvalue weighted by Crippen LogP contribution is -2.45. The van der Waals surface area contributed by atoms with E-state index in [0.29, 0.717) is 25.9 Å². The first-order valence-electron chi connectivity index (χ1n) is 36.7. The van der Waals surface area contributed by atoms with Crippen molar-refractivity contribution in [3.63, 3.8) is 0 Å². The first-order valence-corrected chi connectivity index (χ1v) is 36.7. The number of aliphatic hydroxyl groups excluding tert-OH is 2. The van der Waals surface area contributed by atoms with Crippen molar-refractivity contribution in [3.8, 4) is 0 Å². The predicted molar refractivity (Wildman–Crippen MR) is 356 cm³/mol. The summed E-state index contributed by atoms with van der Waals surface area (Å²) in [5.41, 5.74) is 0. The molecule has 0 saturated heterocycles. The van der Waals surface area contributed by atoms with E-state index in [4.69, 9.17) is 4.74 Å². The number of hydrogen-bond acceptors (Lipinski definition) is 5. The van der Waals surface area contributed by atoms with Gasteiger partial charge in [-0.1, -0.05) is 346 Å². The lowest BCUT2D eigenvalue weighted by atomic mass is 10.0. The molecule has 3 N–H and O–H groups in total. The van der Waals surface area contributed by atoms with Gasteiger partial charge in [-0.25, -0.2) is 0 Å². The van der Waals surface area contributed by atoms with Crippen LogP contribution in [0.2, 0.25) is 0 Å². The number of allylic oxidation sites excluding steroid dienone is 6. The smallest absolute Gasteiger partial charge is 0.305 e. The Bertz CT molecular complexity index is 1310. The Kier molecular flexibility index (Phi) is 68.9. The van der Waals surface area contributed by atoms with Crippen molar-refractivity contribution >= 4 is 11.9 Å². The first kappa shape index (κ1) is 79.1. The highest BCUT2D eigenvalue weighted by atomic mass is 16.5. The van der Waals surface area contributed by atoms with Crippen molar-refractivity contribution in [1.82, 2.24) is 5.32 Å². The molecule has 1 amide bonds. The molecule has 0 aromatic carbocycles. The average molecular weight is 1140 g/mol. The maximum Gasteiger partial charge on any atom is 0.305 e. The number of hydrogen-bond donors (Lipinski definition) is 3. The van der Waals surface area contributed by atoms with Crippen LogP contribution in [0.15, 0.2) is 36.5 Å². The summed E-state index contributed by atoms with van der Waals surface area (Å²) in [5, 5.41) is 23.4. The Morgan fingerprint density at radius 1 is 0.346 bits per heavy atom. The van der Waals surface area contributed by atoms with Gasteiger partial charge < -0.3 is 20.3 Å². The second kappa shape index (κ2) is 70.6. The molecule has 0 aromatic rings. The molecule has 0 spiro atoms. The lowest BCUT2D eigenvalue weighted by molar-refractivity contribution is -0.143. The van der Waals surface area contributed by atoms with Gasteiger partial charge in [0, 0.05) is 12.8 Å². The van der Waals surface area contributed by atoms with Gasteiger partial charge >= 0.3 is 5.97 Å². The highest BCUT2D eigenvalue weighted by Gasteiger charge is 2.20. The molecule has 0 fully saturated rings. The van der Waals surface area contributed by atoms with E-state index >= 15 is 0 Å². The number of carbonyl (C=O) groups is 2. The van der Waals surface area contributed by atoms with Crippen LogP contribution >= 0.6 is 0 Å². The Labute approximate surface area is 506 Å². The molecule has 0 radical (unpaired) electrons. The van der Waals surface area contributed by atoms with E-state index in [-0.39, 0.29) is 18.5 Å². The summed E-state index contributed by atoms with van der Waals surface area (Å²) in [6.45, 7) is 4.97. The molecule has 0 aliphatic carbocycles. The minimum absolute atomic E-state index is 0.00606. The average Bonchev–Trinajstić information content (AvgIpc) is 3.47. The van der Waals surface area contributed by atoms with E-state index in [1.165, 1.54) is 321 Å². The standard InChI is InChI=1S/C75H143NO5/c1-3-5-7-9-11-13-15-17-19-37-40-43-47-51-55-59-63-67-73(78)72(71-77)76-74(79)68-64-60-56-52-48-44-41-38-35-33-31-29-27-25-23-21-20-22-24-26-28-30-32-34-36-39-42-46-50-54-58-62-66-70-81-75(80)69-65-61-57-53-49-45-18-16-14-12-10-8-6-4-2/h16,18,24,26,30,32,72-73,77-78H,3-15,17,19-23,25,27-29,31,33-71H2,1-2H3,(H,76,79)/b18-16-,26-24-,32-30-. The molecule has 0 bridgehead atoms. The molecule has 0 aliphatic heterocycles. The second-order valence-corrected chi connectivity index (χ2v) is 25.3. The van der Waals surface area contributed by atoms with Crippen molar-refractivity contribution in [2.45, 2.75) is 418 Å². The fourth-order valence-corrected chi connectivity index (χ4v) is 11.6. The minimum atomic E-state index is -0.663. The van der Waals surface area contributed by atoms with Gasteiger partial charge in [-0.2, -0.15) is 0 Å². The number of unbranched alkanes of at least 4 members (excludes halogenated alkanes) is 52. The summed E-state index contributed by atoms with van der Waals surface area (Å²) >= 11 is 0. The third kappa shape index (κ3) is 67.1. The van der Waals surface area contributed by atoms with Gasteiger partial charge in [0.05, 0.1) is 25.4 Å². The van der Waals surface area contributed by atoms with E-state index in [1.54, 1.807) is 0 Å². The number of nitrogens with one attached hydrogen (secondary N) is 1. The molecule has 0 aliphatic rings. The zero-order valence-corrected chi connectivity index (χ0v) is 54.8. The van der Waals surface area contributed by atoms with Crippen LogP contribution in [0.3, 0.4) is 0 Å². The van der Waals surface area contributed by atoms with Gasteiger partial charge in [-0.3, -0.25) is 9.59 Å². The molecule has 0 heterocycles. The van der Waals surface area contributed by atoms with Gasteiger partial charge in [0.1, 0.15) is 0 Å². The van der Waals surface area contributed by atoms with Gasteiger partial charge in [0.25, 0.3) is 0 Å². The van der Waals surface area contributed by atoms with Crippen LogP contribution in [-0.2, 0) is 14.3 Å². The van der Waals surface area contributed by atoms with E-state index < -0.39 is 12.1 Å². The van der Waals surface area contributed by atoms with Crippen LogP contribution in [0, 0.1) is 0 Å². The summed E-state index contributed by atoms with van der Waals surface area (Å²) in [6, 6.07) is -0.540. The van der Waals surface area contributed by atoms with E-state index in [0.717, 1.165) is 51.4 Å². The van der Waals surface area contributed by atoms with E-state index in [1.807, 2.05) is 0 Å². The lowest BCUT2D eigenvalue weighted by Gasteiger charge is -2.22. The number of esters is 1. The minimum Gasteiger partial charge on any atom is -0.466 e. The summed E-state index contributed by atoms with van der Waals surface area (Å²) < 4.78 is 5.48. The molecule has 0 aromatic heterocycles. The summed E-state index contributed by atoms with van der Waals surface area (Å²) in [4.78, 5) is 24.6. The van der Waals surface area contributed by atoms with E-state index in [9.17, 15) is 19.8 Å². The van der Waals surface area contributed by atoms with E-state index in [2.05, 4.69) is 55.6 Å². The first-order chi connectivity index (χ1) is 40.0. The zero-order chi connectivity index (χ0) is 58.5. The van der Waals surface area contributed by atoms with Crippen LogP contribution in [0.4, 0.5) is 0 Å². The van der Waals surface area contributed by atoms with Gasteiger partial charge in [0.2, 0.25) is 5.91 Å². The van der Waals surface area contributed by atoms with Crippen molar-refractivity contribution in [2.24, 2.45) is 0 Å². The topological polar surface area (TPSA) is 95.9 Å². The second-order valence-electron chi connectivity index (χ2n) is 25.3. The summed E-state index contributed by atoms with van der Waals surface area (Å²) in [6.07, 6.45) is 90.6. The third-order valence-electron chi connectivity index (χ3n) is 17.2. The molecule has 6 heteroatoms. The van der Waals surface area contributed by atoms with Crippen molar-refractivity contribution in [3.05, 3.63) is 36.5 Å². The Hall–Kier alpha value is -1.92. The Morgan fingerprint density at radius 3 is 0.951 bits per heavy atom. The summed E-state index contributed by atoms with van der Waals surface area (Å²) in [7, 11) is 0. The number of amides is 1. The van der Waals surface area contributed by atoms with Crippen LogP contribution in [0.1, 0.15) is 406 Å². The van der Waals surface area contributed by atoms with Crippen LogP contribution in [0.5, 0.6) is 0 Å². The quantitative estimate of drug-likeness (QED) is 0.0320. The predicted octanol–water partition coefficient (Wildman–Crippen LogP) is 23.9. The highest BCUT2D eigenvalue weighted by Crippen LogP contribution is 2.19. The number of rotatable bonds is 69. The Balaban J connectivity index is 3.38. The molecule has 81 heavy (non-hydrogen) atoms. The normalized spacial score (nSPS) is 12.7. The zero-order valence-electron chi connectivity index (χ0n) is 54.8. The molecule has 6 nitrogen and oxygen atoms in total. The van der Waals surface area contributed by atoms with Gasteiger partial charge in [-0.15, -0.1) is 0 Å². The Morgan fingerprint density at radius 2 is 0.617 bits per heavy atom. The fraction of sp³-hybridized carbons (Fsp3) is 0.893. The van der Waals surface area contributed by atoms with Crippen LogP contribution < -0.4 is 5.32 Å². The maximum absolute atomic E-state index is 12.5. The highest BCUT2D eigenvalue weighted by molar-refractivity contribution is 5.76. The fourth-order valence-electron chi connectivity index (χ4n) is 11.6. The number of ether oxygens (including phenoxy) is 1. The molecular weight excluding hydrogens is 995 g/mol. The van der Waals surface area contributed by atoms with Crippen LogP contribution in [0.25, 0.3) is 0 Å². The largest absolute Gasteiger partial charge is 0.466 e. The number of carbonyl (C=O) groups excluding carboxylic acids is 2. The SMILES string of the molecule is CCCCCCC/C=C\CCCCCCCC(=O)OCCCCCCCCCCC/C=C\C/C=C\CCCCCCCCCCCCCCCCCCCC(=O)NC(CO)C(O)CCCCCCCCCCCCCCCCCCC. The molecule has 0 rings (SSSR count). The molecule has 0 saturated carbocycles. The number of aliphatic hydroxyl groups is 2. The molecule has 2 atom stereocenters. The molecule has 2 unspecified atom stereocenters.